The summed E-state index contributed by atoms with van der Waals surface area (Å²) in [7, 11) is 1.98. The monoisotopic (exact) mass is 531 g/mol. The molecule has 1 saturated heterocycles. The van der Waals surface area contributed by atoms with Crippen molar-refractivity contribution in [2.45, 2.75) is 33.2 Å². The van der Waals surface area contributed by atoms with E-state index < -0.39 is 0 Å². The topological polar surface area (TPSA) is 61.6 Å². The van der Waals surface area contributed by atoms with Gasteiger partial charge >= 0.3 is 0 Å². The second-order valence-electron chi connectivity index (χ2n) is 7.10. The number of unbranched alkanes of at least 4 members (excludes halogenated alkanes) is 1. The Morgan fingerprint density at radius 1 is 1.21 bits per heavy atom. The molecule has 1 aliphatic rings. The van der Waals surface area contributed by atoms with E-state index in [0.29, 0.717) is 6.54 Å². The van der Waals surface area contributed by atoms with Crippen LogP contribution in [0.1, 0.15) is 31.4 Å². The fourth-order valence-corrected chi connectivity index (χ4v) is 3.41. The number of guanidine groups is 1. The second kappa shape index (κ2) is 11.6. The minimum Gasteiger partial charge on any atom is -0.368 e. The Bertz CT molecular complexity index is 800. The van der Waals surface area contributed by atoms with E-state index in [2.05, 4.69) is 38.3 Å². The number of hydrogen-bond donors (Lipinski definition) is 1. The SMILES string of the molecule is CCCCNC(=NCc1nnc(C)n1C)N1CCN(c2cccc(Cl)c2)CC1.I. The third-order valence-electron chi connectivity index (χ3n) is 5.12. The summed E-state index contributed by atoms with van der Waals surface area (Å²) in [5.41, 5.74) is 1.18. The Balaban J connectivity index is 0.00000300. The van der Waals surface area contributed by atoms with Crippen LogP contribution in [0.2, 0.25) is 5.02 Å². The normalized spacial score (nSPS) is 14.7. The maximum atomic E-state index is 6.15. The zero-order valence-corrected chi connectivity index (χ0v) is 20.5. The van der Waals surface area contributed by atoms with Gasteiger partial charge in [-0.05, 0) is 31.5 Å². The number of nitrogens with one attached hydrogen (secondary N) is 1. The van der Waals surface area contributed by atoms with Crippen molar-refractivity contribution < 1.29 is 0 Å². The van der Waals surface area contributed by atoms with Crippen molar-refractivity contribution in [1.29, 1.82) is 0 Å². The van der Waals surface area contributed by atoms with Crippen LogP contribution >= 0.6 is 35.6 Å². The number of aromatic nitrogens is 3. The van der Waals surface area contributed by atoms with Crippen molar-refractivity contribution in [3.05, 3.63) is 40.9 Å². The molecular weight excluding hydrogens is 501 g/mol. The van der Waals surface area contributed by atoms with Crippen LogP contribution in [-0.4, -0.2) is 58.3 Å². The maximum absolute atomic E-state index is 6.15. The zero-order valence-electron chi connectivity index (χ0n) is 17.4. The van der Waals surface area contributed by atoms with Crippen molar-refractivity contribution in [1.82, 2.24) is 25.0 Å². The van der Waals surface area contributed by atoms with Gasteiger partial charge in [-0.2, -0.15) is 0 Å². The van der Waals surface area contributed by atoms with Gasteiger partial charge in [0.2, 0.25) is 0 Å². The van der Waals surface area contributed by atoms with Crippen LogP contribution < -0.4 is 10.2 Å². The Morgan fingerprint density at radius 3 is 2.59 bits per heavy atom. The number of nitrogens with zero attached hydrogens (tertiary/aromatic N) is 6. The molecular formula is C20H31ClIN7. The average molecular weight is 532 g/mol. The van der Waals surface area contributed by atoms with E-state index in [-0.39, 0.29) is 24.0 Å². The zero-order chi connectivity index (χ0) is 19.9. The molecule has 2 heterocycles. The Hall–Kier alpha value is -1.55. The standard InChI is InChI=1S/C20H30ClN7.HI/c1-4-5-9-22-20(23-15-19-25-24-16(2)26(19)3)28-12-10-27(11-13-28)18-8-6-7-17(21)14-18;/h6-8,14H,4-5,9-13,15H2,1-3H3,(H,22,23);1H. The van der Waals surface area contributed by atoms with Crippen molar-refractivity contribution >= 4 is 47.2 Å². The van der Waals surface area contributed by atoms with Crippen LogP contribution in [0.25, 0.3) is 0 Å². The van der Waals surface area contributed by atoms with Crippen molar-refractivity contribution in [3.63, 3.8) is 0 Å². The van der Waals surface area contributed by atoms with Crippen molar-refractivity contribution in [2.75, 3.05) is 37.6 Å². The van der Waals surface area contributed by atoms with Gasteiger partial charge in [0.05, 0.1) is 0 Å². The number of halogens is 2. The molecule has 0 aliphatic carbocycles. The molecule has 1 aromatic carbocycles. The summed E-state index contributed by atoms with van der Waals surface area (Å²) in [6.07, 6.45) is 2.29. The van der Waals surface area contributed by atoms with E-state index in [9.17, 15) is 0 Å². The van der Waals surface area contributed by atoms with Crippen LogP contribution in [0, 0.1) is 6.92 Å². The van der Waals surface area contributed by atoms with E-state index in [1.807, 2.05) is 36.7 Å². The number of piperazine rings is 1. The third-order valence-corrected chi connectivity index (χ3v) is 5.35. The molecule has 29 heavy (non-hydrogen) atoms. The van der Waals surface area contributed by atoms with E-state index in [1.165, 1.54) is 5.69 Å². The Kier molecular flexibility index (Phi) is 9.48. The van der Waals surface area contributed by atoms with Crippen LogP contribution in [0.4, 0.5) is 5.69 Å². The molecule has 1 aromatic heterocycles. The van der Waals surface area contributed by atoms with Gasteiger partial charge in [-0.15, -0.1) is 34.2 Å². The minimum absolute atomic E-state index is 0. The van der Waals surface area contributed by atoms with Crippen LogP contribution in [0.15, 0.2) is 29.3 Å². The highest BCUT2D eigenvalue weighted by molar-refractivity contribution is 14.0. The molecule has 0 unspecified atom stereocenters. The molecule has 0 amide bonds. The first-order valence-corrected chi connectivity index (χ1v) is 10.3. The van der Waals surface area contributed by atoms with E-state index in [0.717, 1.165) is 68.2 Å². The van der Waals surface area contributed by atoms with Gasteiger partial charge in [0, 0.05) is 50.5 Å². The predicted octanol–water partition coefficient (Wildman–Crippen LogP) is 3.46. The van der Waals surface area contributed by atoms with E-state index in [4.69, 9.17) is 16.6 Å². The highest BCUT2D eigenvalue weighted by Gasteiger charge is 2.20. The fraction of sp³-hybridized carbons (Fsp3) is 0.550. The summed E-state index contributed by atoms with van der Waals surface area (Å²) in [5.74, 6) is 2.74. The minimum atomic E-state index is 0. The first kappa shape index (κ1) is 23.7. The second-order valence-corrected chi connectivity index (χ2v) is 7.53. The number of rotatable bonds is 6. The number of anilines is 1. The lowest BCUT2D eigenvalue weighted by atomic mass is 10.2. The molecule has 0 bridgehead atoms. The molecule has 9 heteroatoms. The maximum Gasteiger partial charge on any atom is 0.194 e. The molecule has 0 radical (unpaired) electrons. The van der Waals surface area contributed by atoms with Gasteiger partial charge < -0.3 is 19.7 Å². The Labute approximate surface area is 195 Å². The summed E-state index contributed by atoms with van der Waals surface area (Å²) in [6, 6.07) is 8.07. The van der Waals surface area contributed by atoms with Gasteiger partial charge in [0.25, 0.3) is 0 Å². The molecule has 1 N–H and O–H groups in total. The number of aryl methyl sites for hydroxylation is 1. The number of benzene rings is 1. The van der Waals surface area contributed by atoms with Gasteiger partial charge in [0.15, 0.2) is 11.8 Å². The highest BCUT2D eigenvalue weighted by Crippen LogP contribution is 2.20. The third kappa shape index (κ3) is 6.47. The predicted molar refractivity (Wildman–Crippen MR) is 130 cm³/mol. The first-order chi connectivity index (χ1) is 13.6. The molecule has 1 aliphatic heterocycles. The molecule has 0 saturated carbocycles. The lowest BCUT2D eigenvalue weighted by Gasteiger charge is -2.37. The summed E-state index contributed by atoms with van der Waals surface area (Å²) < 4.78 is 1.99. The average Bonchev–Trinajstić information content (AvgIpc) is 3.03. The lowest BCUT2D eigenvalue weighted by molar-refractivity contribution is 0.371. The molecule has 160 valence electrons. The van der Waals surface area contributed by atoms with Crippen LogP contribution in [-0.2, 0) is 13.6 Å². The number of hydrogen-bond acceptors (Lipinski definition) is 4. The summed E-state index contributed by atoms with van der Waals surface area (Å²) in [6.45, 7) is 9.34. The quantitative estimate of drug-likeness (QED) is 0.268. The van der Waals surface area contributed by atoms with Gasteiger partial charge in [-0.3, -0.25) is 0 Å². The van der Waals surface area contributed by atoms with Crippen molar-refractivity contribution in [3.8, 4) is 0 Å². The van der Waals surface area contributed by atoms with Crippen LogP contribution in [0.5, 0.6) is 0 Å². The first-order valence-electron chi connectivity index (χ1n) is 9.97. The van der Waals surface area contributed by atoms with Crippen molar-refractivity contribution in [2.24, 2.45) is 12.0 Å². The lowest BCUT2D eigenvalue weighted by Crippen LogP contribution is -2.52. The molecule has 0 spiro atoms. The summed E-state index contributed by atoms with van der Waals surface area (Å²) >= 11 is 6.15. The molecule has 3 rings (SSSR count). The molecule has 2 aromatic rings. The molecule has 7 nitrogen and oxygen atoms in total. The largest absolute Gasteiger partial charge is 0.368 e. The van der Waals surface area contributed by atoms with Crippen LogP contribution in [0.3, 0.4) is 0 Å². The highest BCUT2D eigenvalue weighted by atomic mass is 127. The van der Waals surface area contributed by atoms with Gasteiger partial charge in [-0.1, -0.05) is 31.0 Å². The fourth-order valence-electron chi connectivity index (χ4n) is 3.23. The van der Waals surface area contributed by atoms with Gasteiger partial charge in [-0.25, -0.2) is 4.99 Å². The van der Waals surface area contributed by atoms with E-state index >= 15 is 0 Å². The smallest absolute Gasteiger partial charge is 0.194 e. The van der Waals surface area contributed by atoms with E-state index in [1.54, 1.807) is 0 Å². The number of aliphatic imine (C=N–C) groups is 1. The van der Waals surface area contributed by atoms with Gasteiger partial charge in [0.1, 0.15) is 12.4 Å². The summed E-state index contributed by atoms with van der Waals surface area (Å²) in [4.78, 5) is 9.55. The molecule has 1 fully saturated rings. The molecule has 0 atom stereocenters. The summed E-state index contributed by atoms with van der Waals surface area (Å²) in [5, 5.41) is 12.7. The Morgan fingerprint density at radius 2 is 1.97 bits per heavy atom.